The molecular formula is C11H11BrClN5. The van der Waals surface area contributed by atoms with E-state index in [1.807, 2.05) is 12.1 Å². The first-order valence-corrected chi connectivity index (χ1v) is 6.30. The maximum Gasteiger partial charge on any atom is 0.223 e. The summed E-state index contributed by atoms with van der Waals surface area (Å²) < 4.78 is 0.773. The van der Waals surface area contributed by atoms with Gasteiger partial charge in [-0.1, -0.05) is 17.7 Å². The Hall–Kier alpha value is -1.53. The quantitative estimate of drug-likeness (QED) is 0.806. The predicted molar refractivity (Wildman–Crippen MR) is 78.4 cm³/mol. The zero-order valence-corrected chi connectivity index (χ0v) is 11.9. The van der Waals surface area contributed by atoms with Crippen LogP contribution in [0.4, 0.5) is 23.3 Å². The Labute approximate surface area is 118 Å². The molecule has 0 amide bonds. The van der Waals surface area contributed by atoms with E-state index in [9.17, 15) is 0 Å². The van der Waals surface area contributed by atoms with Crippen LogP contribution in [0.25, 0.3) is 0 Å². The number of benzene rings is 1. The van der Waals surface area contributed by atoms with Gasteiger partial charge in [-0.2, -0.15) is 9.97 Å². The number of nitrogen functional groups attached to an aromatic ring is 1. The topological polar surface area (TPSA) is 75.9 Å². The van der Waals surface area contributed by atoms with Gasteiger partial charge in [0.1, 0.15) is 11.6 Å². The molecule has 4 N–H and O–H groups in total. The van der Waals surface area contributed by atoms with Crippen LogP contribution >= 0.6 is 27.5 Å². The molecular weight excluding hydrogens is 318 g/mol. The van der Waals surface area contributed by atoms with Crippen LogP contribution in [0, 0.1) is 0 Å². The van der Waals surface area contributed by atoms with Crippen molar-refractivity contribution < 1.29 is 0 Å². The third-order valence-corrected chi connectivity index (χ3v) is 3.61. The molecule has 7 heteroatoms. The van der Waals surface area contributed by atoms with Crippen molar-refractivity contribution in [3.63, 3.8) is 0 Å². The standard InChI is InChI=1S/C11H11BrClN5/c1-15-8-5-9(18-11(14)17-8)16-7-4-2-3-6(13)10(7)12/h2-5H,1H3,(H4,14,15,16,17,18). The summed E-state index contributed by atoms with van der Waals surface area (Å²) >= 11 is 9.42. The van der Waals surface area contributed by atoms with Crippen LogP contribution in [0.3, 0.4) is 0 Å². The van der Waals surface area contributed by atoms with E-state index in [1.165, 1.54) is 0 Å². The average molecular weight is 329 g/mol. The minimum Gasteiger partial charge on any atom is -0.373 e. The van der Waals surface area contributed by atoms with Gasteiger partial charge in [0, 0.05) is 13.1 Å². The van der Waals surface area contributed by atoms with Crippen LogP contribution in [0.5, 0.6) is 0 Å². The number of aromatic nitrogens is 2. The summed E-state index contributed by atoms with van der Waals surface area (Å²) in [5, 5.41) is 6.66. The van der Waals surface area contributed by atoms with Gasteiger partial charge in [-0.25, -0.2) is 0 Å². The van der Waals surface area contributed by atoms with Crippen molar-refractivity contribution in [1.82, 2.24) is 9.97 Å². The van der Waals surface area contributed by atoms with E-state index in [-0.39, 0.29) is 5.95 Å². The highest BCUT2D eigenvalue weighted by Gasteiger charge is 2.06. The smallest absolute Gasteiger partial charge is 0.223 e. The van der Waals surface area contributed by atoms with E-state index in [2.05, 4.69) is 36.5 Å². The van der Waals surface area contributed by atoms with Crippen molar-refractivity contribution in [3.8, 4) is 0 Å². The Kier molecular flexibility index (Phi) is 3.88. The number of hydrogen-bond donors (Lipinski definition) is 3. The molecule has 18 heavy (non-hydrogen) atoms. The maximum absolute atomic E-state index is 6.01. The van der Waals surface area contributed by atoms with Gasteiger partial charge >= 0.3 is 0 Å². The van der Waals surface area contributed by atoms with Crippen molar-refractivity contribution in [2.24, 2.45) is 0 Å². The molecule has 1 heterocycles. The molecule has 2 rings (SSSR count). The molecule has 0 aliphatic heterocycles. The molecule has 0 saturated carbocycles. The van der Waals surface area contributed by atoms with E-state index in [0.29, 0.717) is 16.7 Å². The van der Waals surface area contributed by atoms with Gasteiger partial charge in [0.15, 0.2) is 0 Å². The number of anilines is 4. The third-order valence-electron chi connectivity index (χ3n) is 2.21. The second-order valence-corrected chi connectivity index (χ2v) is 4.67. The number of hydrogen-bond acceptors (Lipinski definition) is 5. The fourth-order valence-corrected chi connectivity index (χ4v) is 1.93. The number of nitrogens with zero attached hydrogens (tertiary/aromatic N) is 2. The molecule has 0 fully saturated rings. The Balaban J connectivity index is 2.34. The molecule has 94 valence electrons. The maximum atomic E-state index is 6.01. The van der Waals surface area contributed by atoms with Crippen LogP contribution in [-0.4, -0.2) is 17.0 Å². The second kappa shape index (κ2) is 5.41. The predicted octanol–water partition coefficient (Wildman–Crippen LogP) is 3.26. The molecule has 5 nitrogen and oxygen atoms in total. The molecule has 1 aromatic heterocycles. The summed E-state index contributed by atoms with van der Waals surface area (Å²) in [7, 11) is 1.76. The molecule has 0 radical (unpaired) electrons. The first-order chi connectivity index (χ1) is 8.60. The zero-order valence-electron chi connectivity index (χ0n) is 9.54. The van der Waals surface area contributed by atoms with E-state index < -0.39 is 0 Å². The highest BCUT2D eigenvalue weighted by molar-refractivity contribution is 9.10. The van der Waals surface area contributed by atoms with Gasteiger partial charge in [0.25, 0.3) is 0 Å². The van der Waals surface area contributed by atoms with Gasteiger partial charge in [0.2, 0.25) is 5.95 Å². The van der Waals surface area contributed by atoms with Crippen LogP contribution < -0.4 is 16.4 Å². The summed E-state index contributed by atoms with van der Waals surface area (Å²) in [6, 6.07) is 7.28. The molecule has 2 aromatic rings. The minimum absolute atomic E-state index is 0.197. The highest BCUT2D eigenvalue weighted by atomic mass is 79.9. The average Bonchev–Trinajstić information content (AvgIpc) is 2.34. The monoisotopic (exact) mass is 327 g/mol. The highest BCUT2D eigenvalue weighted by Crippen LogP contribution is 2.32. The van der Waals surface area contributed by atoms with Crippen LogP contribution in [0.15, 0.2) is 28.7 Å². The Morgan fingerprint density at radius 2 is 2.00 bits per heavy atom. The first-order valence-electron chi connectivity index (χ1n) is 5.13. The summed E-state index contributed by atoms with van der Waals surface area (Å²) in [6.07, 6.45) is 0. The van der Waals surface area contributed by atoms with Gasteiger partial charge in [-0.05, 0) is 28.1 Å². The lowest BCUT2D eigenvalue weighted by atomic mass is 10.3. The van der Waals surface area contributed by atoms with E-state index in [4.69, 9.17) is 17.3 Å². The molecule has 0 atom stereocenters. The van der Waals surface area contributed by atoms with Gasteiger partial charge in [0.05, 0.1) is 15.2 Å². The number of rotatable bonds is 3. The lowest BCUT2D eigenvalue weighted by Crippen LogP contribution is -2.03. The van der Waals surface area contributed by atoms with Crippen molar-refractivity contribution in [1.29, 1.82) is 0 Å². The van der Waals surface area contributed by atoms with Crippen LogP contribution in [0.2, 0.25) is 5.02 Å². The molecule has 0 saturated heterocycles. The summed E-state index contributed by atoms with van der Waals surface area (Å²) in [5.41, 5.74) is 6.42. The van der Waals surface area contributed by atoms with Crippen molar-refractivity contribution in [2.45, 2.75) is 0 Å². The van der Waals surface area contributed by atoms with Crippen LogP contribution in [-0.2, 0) is 0 Å². The fraction of sp³-hybridized carbons (Fsp3) is 0.0909. The fourth-order valence-electron chi connectivity index (χ4n) is 1.40. The van der Waals surface area contributed by atoms with E-state index in [0.717, 1.165) is 10.2 Å². The number of halogens is 2. The van der Waals surface area contributed by atoms with Crippen molar-refractivity contribution >= 4 is 50.8 Å². The Morgan fingerprint density at radius 3 is 2.72 bits per heavy atom. The van der Waals surface area contributed by atoms with Crippen LogP contribution in [0.1, 0.15) is 0 Å². The molecule has 0 unspecified atom stereocenters. The molecule has 1 aromatic carbocycles. The van der Waals surface area contributed by atoms with Crippen molar-refractivity contribution in [2.75, 3.05) is 23.4 Å². The lowest BCUT2D eigenvalue weighted by Gasteiger charge is -2.10. The largest absolute Gasteiger partial charge is 0.373 e. The summed E-state index contributed by atoms with van der Waals surface area (Å²) in [4.78, 5) is 8.11. The summed E-state index contributed by atoms with van der Waals surface area (Å²) in [6.45, 7) is 0. The number of nitrogens with one attached hydrogen (secondary N) is 2. The van der Waals surface area contributed by atoms with E-state index in [1.54, 1.807) is 19.2 Å². The third kappa shape index (κ3) is 2.83. The molecule has 0 aliphatic carbocycles. The molecule has 0 spiro atoms. The Bertz CT molecular complexity index is 575. The molecule has 0 bridgehead atoms. The second-order valence-electron chi connectivity index (χ2n) is 3.47. The number of nitrogens with two attached hydrogens (primary N) is 1. The lowest BCUT2D eigenvalue weighted by molar-refractivity contribution is 1.17. The first kappa shape index (κ1) is 12.9. The van der Waals surface area contributed by atoms with Gasteiger partial charge in [-0.15, -0.1) is 0 Å². The van der Waals surface area contributed by atoms with Crippen molar-refractivity contribution in [3.05, 3.63) is 33.8 Å². The summed E-state index contributed by atoms with van der Waals surface area (Å²) in [5.74, 6) is 1.43. The van der Waals surface area contributed by atoms with E-state index >= 15 is 0 Å². The van der Waals surface area contributed by atoms with Gasteiger partial charge in [-0.3, -0.25) is 0 Å². The minimum atomic E-state index is 0.197. The normalized spacial score (nSPS) is 10.2. The SMILES string of the molecule is CNc1cc(Nc2cccc(Cl)c2Br)nc(N)n1. The Morgan fingerprint density at radius 1 is 1.28 bits per heavy atom. The zero-order chi connectivity index (χ0) is 13.1. The van der Waals surface area contributed by atoms with Gasteiger partial charge < -0.3 is 16.4 Å². The molecule has 0 aliphatic rings.